The lowest BCUT2D eigenvalue weighted by Crippen LogP contribution is -2.19. The van der Waals surface area contributed by atoms with Gasteiger partial charge in [-0.25, -0.2) is 5.48 Å². The molecule has 1 aromatic carbocycles. The molecule has 0 spiro atoms. The van der Waals surface area contributed by atoms with Crippen LogP contribution in [0.4, 0.5) is 0 Å². The van der Waals surface area contributed by atoms with E-state index in [4.69, 9.17) is 5.21 Å². The van der Waals surface area contributed by atoms with Crippen LogP contribution in [0, 0.1) is 11.8 Å². The van der Waals surface area contributed by atoms with Gasteiger partial charge in [0.15, 0.2) is 0 Å². The second-order valence-electron chi connectivity index (χ2n) is 6.82. The van der Waals surface area contributed by atoms with Crippen molar-refractivity contribution in [2.45, 2.75) is 45.6 Å². The molecular formula is C19H28N2O2. The molecule has 1 aliphatic carbocycles. The molecule has 3 N–H and O–H groups in total. The molecule has 0 radical (unpaired) electrons. The van der Waals surface area contributed by atoms with E-state index in [0.717, 1.165) is 30.5 Å². The Morgan fingerprint density at radius 1 is 1.30 bits per heavy atom. The zero-order valence-corrected chi connectivity index (χ0v) is 14.0. The summed E-state index contributed by atoms with van der Waals surface area (Å²) in [6, 6.07) is 7.25. The van der Waals surface area contributed by atoms with E-state index in [1.54, 1.807) is 17.6 Å². The zero-order chi connectivity index (χ0) is 16.7. The van der Waals surface area contributed by atoms with Crippen molar-refractivity contribution in [1.82, 2.24) is 10.8 Å². The van der Waals surface area contributed by atoms with E-state index >= 15 is 0 Å². The van der Waals surface area contributed by atoms with E-state index in [1.165, 1.54) is 37.7 Å². The largest absolute Gasteiger partial charge is 0.313 e. The topological polar surface area (TPSA) is 61.4 Å². The first-order chi connectivity index (χ1) is 11.1. The van der Waals surface area contributed by atoms with Crippen molar-refractivity contribution >= 4 is 5.91 Å². The van der Waals surface area contributed by atoms with E-state index in [1.807, 2.05) is 12.1 Å². The molecule has 1 fully saturated rings. The Morgan fingerprint density at radius 3 is 2.70 bits per heavy atom. The fourth-order valence-corrected chi connectivity index (χ4v) is 3.53. The normalized spacial score (nSPS) is 21.2. The summed E-state index contributed by atoms with van der Waals surface area (Å²) in [6.45, 7) is 8.30. The lowest BCUT2D eigenvalue weighted by Gasteiger charge is -2.28. The molecule has 2 atom stereocenters. The third-order valence-corrected chi connectivity index (χ3v) is 4.56. The standard InChI is InChI=1S/C19H28N2O2/c1-14-10-15(2)12-17(11-14)4-3-9-20-13-16-5-7-18(8-6-16)19(22)21-23/h5-8,15,17,20,23H,1,3-4,9-13H2,2H3,(H,21,22). The smallest absolute Gasteiger partial charge is 0.274 e. The zero-order valence-electron chi connectivity index (χ0n) is 14.0. The Balaban J connectivity index is 1.63. The molecular weight excluding hydrogens is 288 g/mol. The van der Waals surface area contributed by atoms with E-state index in [0.29, 0.717) is 5.56 Å². The Labute approximate surface area is 138 Å². The summed E-state index contributed by atoms with van der Waals surface area (Å²) in [7, 11) is 0. The molecule has 4 heteroatoms. The van der Waals surface area contributed by atoms with Crippen LogP contribution in [-0.2, 0) is 6.54 Å². The van der Waals surface area contributed by atoms with E-state index < -0.39 is 5.91 Å². The van der Waals surface area contributed by atoms with E-state index in [9.17, 15) is 4.79 Å². The van der Waals surface area contributed by atoms with Gasteiger partial charge in [-0.3, -0.25) is 10.0 Å². The van der Waals surface area contributed by atoms with Gasteiger partial charge in [-0.15, -0.1) is 0 Å². The second kappa shape index (κ2) is 8.85. The Morgan fingerprint density at radius 2 is 2.04 bits per heavy atom. The number of benzene rings is 1. The highest BCUT2D eigenvalue weighted by Crippen LogP contribution is 2.34. The summed E-state index contributed by atoms with van der Waals surface area (Å²) in [5.41, 5.74) is 4.66. The maximum absolute atomic E-state index is 11.2. The van der Waals surface area contributed by atoms with Crippen molar-refractivity contribution in [3.63, 3.8) is 0 Å². The van der Waals surface area contributed by atoms with Crippen molar-refractivity contribution in [2.24, 2.45) is 11.8 Å². The van der Waals surface area contributed by atoms with Crippen LogP contribution in [0.25, 0.3) is 0 Å². The molecule has 1 aliphatic rings. The van der Waals surface area contributed by atoms with Gasteiger partial charge in [-0.2, -0.15) is 0 Å². The Hall–Kier alpha value is -1.65. The van der Waals surface area contributed by atoms with E-state index in [2.05, 4.69) is 18.8 Å². The van der Waals surface area contributed by atoms with Gasteiger partial charge in [0.05, 0.1) is 0 Å². The fraction of sp³-hybridized carbons (Fsp3) is 0.526. The number of rotatable bonds is 7. The molecule has 0 bridgehead atoms. The van der Waals surface area contributed by atoms with Gasteiger partial charge in [-0.05, 0) is 68.2 Å². The summed E-state index contributed by atoms with van der Waals surface area (Å²) in [4.78, 5) is 11.2. The van der Waals surface area contributed by atoms with Gasteiger partial charge >= 0.3 is 0 Å². The third-order valence-electron chi connectivity index (χ3n) is 4.56. The molecule has 126 valence electrons. The van der Waals surface area contributed by atoms with Crippen LogP contribution >= 0.6 is 0 Å². The molecule has 0 aliphatic heterocycles. The molecule has 2 unspecified atom stereocenters. The molecule has 2 rings (SSSR count). The first-order valence-corrected chi connectivity index (χ1v) is 8.49. The molecule has 1 amide bonds. The van der Waals surface area contributed by atoms with Gasteiger partial charge in [-0.1, -0.05) is 31.2 Å². The van der Waals surface area contributed by atoms with Gasteiger partial charge < -0.3 is 5.32 Å². The molecule has 23 heavy (non-hydrogen) atoms. The number of hydrogen-bond acceptors (Lipinski definition) is 3. The maximum atomic E-state index is 11.2. The van der Waals surface area contributed by atoms with Crippen LogP contribution in [0.3, 0.4) is 0 Å². The van der Waals surface area contributed by atoms with Crippen LogP contribution in [0.1, 0.15) is 54.9 Å². The summed E-state index contributed by atoms with van der Waals surface area (Å²) in [5.74, 6) is 1.13. The minimum Gasteiger partial charge on any atom is -0.313 e. The van der Waals surface area contributed by atoms with Crippen LogP contribution in [-0.4, -0.2) is 17.7 Å². The minimum atomic E-state index is -0.479. The summed E-state index contributed by atoms with van der Waals surface area (Å²) in [5, 5.41) is 12.0. The van der Waals surface area contributed by atoms with Gasteiger partial charge in [0.2, 0.25) is 0 Å². The van der Waals surface area contributed by atoms with Crippen LogP contribution < -0.4 is 10.8 Å². The molecule has 1 saturated carbocycles. The average Bonchev–Trinajstić information content (AvgIpc) is 2.53. The van der Waals surface area contributed by atoms with Crippen molar-refractivity contribution in [3.05, 3.63) is 47.5 Å². The molecule has 1 aromatic rings. The lowest BCUT2D eigenvalue weighted by molar-refractivity contribution is 0.0706. The minimum absolute atomic E-state index is 0.461. The number of carbonyl (C=O) groups excluding carboxylic acids is 1. The summed E-state index contributed by atoms with van der Waals surface area (Å²) in [6.07, 6.45) is 6.22. The monoisotopic (exact) mass is 316 g/mol. The number of nitrogens with one attached hydrogen (secondary N) is 2. The number of amides is 1. The summed E-state index contributed by atoms with van der Waals surface area (Å²) < 4.78 is 0. The third kappa shape index (κ3) is 5.81. The predicted molar refractivity (Wildman–Crippen MR) is 92.3 cm³/mol. The molecule has 0 saturated heterocycles. The maximum Gasteiger partial charge on any atom is 0.274 e. The Bertz CT molecular complexity index is 525. The van der Waals surface area contributed by atoms with Crippen molar-refractivity contribution < 1.29 is 10.0 Å². The number of hydroxylamine groups is 1. The average molecular weight is 316 g/mol. The first kappa shape index (κ1) is 17.7. The number of hydrogen-bond donors (Lipinski definition) is 3. The van der Waals surface area contributed by atoms with Crippen molar-refractivity contribution in [1.29, 1.82) is 0 Å². The van der Waals surface area contributed by atoms with Crippen molar-refractivity contribution in [2.75, 3.05) is 6.54 Å². The molecule has 0 aromatic heterocycles. The van der Waals surface area contributed by atoms with Gasteiger partial charge in [0.1, 0.15) is 0 Å². The van der Waals surface area contributed by atoms with Crippen molar-refractivity contribution in [3.8, 4) is 0 Å². The van der Waals surface area contributed by atoms with Crippen LogP contribution in [0.2, 0.25) is 0 Å². The van der Waals surface area contributed by atoms with Crippen LogP contribution in [0.15, 0.2) is 36.4 Å². The first-order valence-electron chi connectivity index (χ1n) is 8.49. The fourth-order valence-electron chi connectivity index (χ4n) is 3.53. The molecule has 4 nitrogen and oxygen atoms in total. The second-order valence-corrected chi connectivity index (χ2v) is 6.82. The lowest BCUT2D eigenvalue weighted by atomic mass is 9.78. The SMILES string of the molecule is C=C1CC(C)CC(CCCNCc2ccc(C(=O)NO)cc2)C1. The molecule has 0 heterocycles. The van der Waals surface area contributed by atoms with Gasteiger partial charge in [0.25, 0.3) is 5.91 Å². The highest BCUT2D eigenvalue weighted by atomic mass is 16.5. The number of carbonyl (C=O) groups is 1. The van der Waals surface area contributed by atoms with Gasteiger partial charge in [0, 0.05) is 12.1 Å². The highest BCUT2D eigenvalue weighted by Gasteiger charge is 2.20. The van der Waals surface area contributed by atoms with E-state index in [-0.39, 0.29) is 0 Å². The quantitative estimate of drug-likeness (QED) is 0.311. The number of allylic oxidation sites excluding steroid dienone is 1. The Kier molecular flexibility index (Phi) is 6.81. The highest BCUT2D eigenvalue weighted by molar-refractivity contribution is 5.93. The predicted octanol–water partition coefficient (Wildman–Crippen LogP) is 3.67. The van der Waals surface area contributed by atoms with Crippen LogP contribution in [0.5, 0.6) is 0 Å². The summed E-state index contributed by atoms with van der Waals surface area (Å²) >= 11 is 0.